The molecule has 148 valence electrons. The Labute approximate surface area is 164 Å². The SMILES string of the molecule is CN(C)CC(=O)N[C@H]1C=C[C@H](CC(=O)NCc2ccc(Cl)cc2)O[C@H]1CO. The van der Waals surface area contributed by atoms with E-state index < -0.39 is 18.2 Å². The van der Waals surface area contributed by atoms with Crippen LogP contribution in [0.1, 0.15) is 12.0 Å². The molecular formula is C19H26ClN3O4. The van der Waals surface area contributed by atoms with E-state index >= 15 is 0 Å². The van der Waals surface area contributed by atoms with Crippen LogP contribution in [0.3, 0.4) is 0 Å². The molecular weight excluding hydrogens is 370 g/mol. The molecule has 2 amide bonds. The summed E-state index contributed by atoms with van der Waals surface area (Å²) in [4.78, 5) is 25.8. The van der Waals surface area contributed by atoms with Gasteiger partial charge in [0, 0.05) is 11.6 Å². The highest BCUT2D eigenvalue weighted by Crippen LogP contribution is 2.16. The first kappa shape index (κ1) is 21.4. The molecule has 1 aromatic rings. The van der Waals surface area contributed by atoms with Crippen molar-refractivity contribution in [3.63, 3.8) is 0 Å². The van der Waals surface area contributed by atoms with Crippen molar-refractivity contribution in [3.8, 4) is 0 Å². The number of nitrogens with one attached hydrogen (secondary N) is 2. The summed E-state index contributed by atoms with van der Waals surface area (Å²) in [6.07, 6.45) is 2.62. The number of halogens is 1. The highest BCUT2D eigenvalue weighted by molar-refractivity contribution is 6.30. The second-order valence-corrected chi connectivity index (χ2v) is 7.16. The molecule has 0 aromatic heterocycles. The quantitative estimate of drug-likeness (QED) is 0.564. The molecule has 2 rings (SSSR count). The molecule has 0 radical (unpaired) electrons. The fraction of sp³-hybridized carbons (Fsp3) is 0.474. The smallest absolute Gasteiger partial charge is 0.234 e. The van der Waals surface area contributed by atoms with Crippen LogP contribution in [0.5, 0.6) is 0 Å². The summed E-state index contributed by atoms with van der Waals surface area (Å²) in [6.45, 7) is 0.401. The highest BCUT2D eigenvalue weighted by atomic mass is 35.5. The molecule has 0 fully saturated rings. The average Bonchev–Trinajstić information content (AvgIpc) is 2.61. The molecule has 0 saturated carbocycles. The third-order valence-electron chi connectivity index (χ3n) is 4.04. The Morgan fingerprint density at radius 3 is 2.52 bits per heavy atom. The van der Waals surface area contributed by atoms with Crippen LogP contribution in [-0.2, 0) is 20.9 Å². The van der Waals surface area contributed by atoms with Crippen molar-refractivity contribution in [2.24, 2.45) is 0 Å². The van der Waals surface area contributed by atoms with E-state index in [-0.39, 0.29) is 31.4 Å². The van der Waals surface area contributed by atoms with Crippen LogP contribution in [0.2, 0.25) is 5.02 Å². The van der Waals surface area contributed by atoms with E-state index in [2.05, 4.69) is 10.6 Å². The summed E-state index contributed by atoms with van der Waals surface area (Å²) >= 11 is 5.84. The molecule has 1 heterocycles. The van der Waals surface area contributed by atoms with Crippen LogP contribution in [-0.4, -0.2) is 67.3 Å². The van der Waals surface area contributed by atoms with Crippen LogP contribution in [0.4, 0.5) is 0 Å². The summed E-state index contributed by atoms with van der Waals surface area (Å²) in [7, 11) is 3.60. The first-order chi connectivity index (χ1) is 12.9. The van der Waals surface area contributed by atoms with E-state index in [0.717, 1.165) is 5.56 Å². The van der Waals surface area contributed by atoms with Gasteiger partial charge in [-0.3, -0.25) is 9.59 Å². The zero-order chi connectivity index (χ0) is 19.8. The van der Waals surface area contributed by atoms with Gasteiger partial charge in [-0.2, -0.15) is 0 Å². The number of rotatable bonds is 8. The van der Waals surface area contributed by atoms with E-state index in [1.165, 1.54) is 0 Å². The predicted molar refractivity (Wildman–Crippen MR) is 103 cm³/mol. The maximum Gasteiger partial charge on any atom is 0.234 e. The first-order valence-electron chi connectivity index (χ1n) is 8.77. The lowest BCUT2D eigenvalue weighted by Gasteiger charge is -2.32. The second-order valence-electron chi connectivity index (χ2n) is 6.72. The van der Waals surface area contributed by atoms with Gasteiger partial charge in [0.2, 0.25) is 11.8 Å². The summed E-state index contributed by atoms with van der Waals surface area (Å²) in [5, 5.41) is 15.8. The maximum atomic E-state index is 12.1. The molecule has 27 heavy (non-hydrogen) atoms. The van der Waals surface area contributed by atoms with Crippen molar-refractivity contribution in [2.45, 2.75) is 31.2 Å². The Morgan fingerprint density at radius 2 is 1.89 bits per heavy atom. The van der Waals surface area contributed by atoms with Gasteiger partial charge in [-0.25, -0.2) is 0 Å². The van der Waals surface area contributed by atoms with Gasteiger partial charge in [0.1, 0.15) is 6.10 Å². The van der Waals surface area contributed by atoms with Crippen molar-refractivity contribution in [3.05, 3.63) is 47.0 Å². The highest BCUT2D eigenvalue weighted by Gasteiger charge is 2.29. The van der Waals surface area contributed by atoms with Gasteiger partial charge in [0.25, 0.3) is 0 Å². The van der Waals surface area contributed by atoms with E-state index in [4.69, 9.17) is 16.3 Å². The standard InChI is InChI=1S/C19H26ClN3O4/c1-23(2)11-19(26)22-16-8-7-15(27-17(16)12-24)9-18(25)21-10-13-3-5-14(20)6-4-13/h3-8,15-17,24H,9-12H2,1-2H3,(H,21,25)(H,22,26)/t15-,16+,17+/m1/s1. The third kappa shape index (κ3) is 7.30. The predicted octanol–water partition coefficient (Wildman–Crippen LogP) is 0.709. The van der Waals surface area contributed by atoms with Gasteiger partial charge >= 0.3 is 0 Å². The van der Waals surface area contributed by atoms with E-state index in [0.29, 0.717) is 11.6 Å². The van der Waals surface area contributed by atoms with Crippen LogP contribution >= 0.6 is 11.6 Å². The number of hydrogen-bond donors (Lipinski definition) is 3. The van der Waals surface area contributed by atoms with Crippen molar-refractivity contribution in [1.82, 2.24) is 15.5 Å². The second kappa shape index (κ2) is 10.4. The largest absolute Gasteiger partial charge is 0.394 e. The zero-order valence-electron chi connectivity index (χ0n) is 15.5. The third-order valence-corrected chi connectivity index (χ3v) is 4.29. The number of benzene rings is 1. The number of ether oxygens (including phenoxy) is 1. The van der Waals surface area contributed by atoms with Crippen molar-refractivity contribution >= 4 is 23.4 Å². The molecule has 3 N–H and O–H groups in total. The molecule has 0 unspecified atom stereocenters. The molecule has 1 aliphatic heterocycles. The monoisotopic (exact) mass is 395 g/mol. The molecule has 1 aliphatic rings. The van der Waals surface area contributed by atoms with Gasteiger partial charge < -0.3 is 25.4 Å². The normalized spacial score (nSPS) is 21.9. The molecule has 3 atom stereocenters. The minimum absolute atomic E-state index is 0.138. The van der Waals surface area contributed by atoms with Gasteiger partial charge in [-0.15, -0.1) is 0 Å². The number of amides is 2. The summed E-state index contributed by atoms with van der Waals surface area (Å²) in [6, 6.07) is 6.82. The molecule has 0 bridgehead atoms. The van der Waals surface area contributed by atoms with E-state index in [1.54, 1.807) is 43.3 Å². The van der Waals surface area contributed by atoms with Crippen LogP contribution < -0.4 is 10.6 Å². The molecule has 7 nitrogen and oxygen atoms in total. The zero-order valence-corrected chi connectivity index (χ0v) is 16.3. The fourth-order valence-electron chi connectivity index (χ4n) is 2.71. The fourth-order valence-corrected chi connectivity index (χ4v) is 2.84. The summed E-state index contributed by atoms with van der Waals surface area (Å²) < 4.78 is 5.75. The Bertz CT molecular complexity index is 663. The number of carbonyl (C=O) groups excluding carboxylic acids is 2. The Balaban J connectivity index is 1.83. The Morgan fingerprint density at radius 1 is 1.19 bits per heavy atom. The minimum atomic E-state index is -0.588. The van der Waals surface area contributed by atoms with Crippen molar-refractivity contribution < 1.29 is 19.4 Å². The molecule has 0 aliphatic carbocycles. The van der Waals surface area contributed by atoms with E-state index in [9.17, 15) is 14.7 Å². The lowest BCUT2D eigenvalue weighted by Crippen LogP contribution is -2.50. The van der Waals surface area contributed by atoms with Gasteiger partial charge in [0.05, 0.1) is 31.7 Å². The van der Waals surface area contributed by atoms with Crippen LogP contribution in [0.15, 0.2) is 36.4 Å². The number of nitrogens with zero attached hydrogens (tertiary/aromatic N) is 1. The summed E-state index contributed by atoms with van der Waals surface area (Å²) in [5.41, 5.74) is 0.949. The van der Waals surface area contributed by atoms with Crippen LogP contribution in [0.25, 0.3) is 0 Å². The molecule has 0 saturated heterocycles. The Hall–Kier alpha value is -1.93. The minimum Gasteiger partial charge on any atom is -0.394 e. The number of aliphatic hydroxyl groups is 1. The number of aliphatic hydroxyl groups excluding tert-OH is 1. The number of likely N-dealkylation sites (N-methyl/N-ethyl adjacent to an activating group) is 1. The van der Waals surface area contributed by atoms with Gasteiger partial charge in [-0.05, 0) is 31.8 Å². The molecule has 0 spiro atoms. The lowest BCUT2D eigenvalue weighted by atomic mass is 10.0. The topological polar surface area (TPSA) is 90.9 Å². The van der Waals surface area contributed by atoms with Crippen molar-refractivity contribution in [2.75, 3.05) is 27.2 Å². The Kier molecular flexibility index (Phi) is 8.24. The molecule has 8 heteroatoms. The van der Waals surface area contributed by atoms with Crippen molar-refractivity contribution in [1.29, 1.82) is 0 Å². The van der Waals surface area contributed by atoms with Crippen LogP contribution in [0, 0.1) is 0 Å². The van der Waals surface area contributed by atoms with Gasteiger partial charge in [-0.1, -0.05) is 35.9 Å². The van der Waals surface area contributed by atoms with E-state index in [1.807, 2.05) is 12.1 Å². The average molecular weight is 396 g/mol. The lowest BCUT2D eigenvalue weighted by molar-refractivity contribution is -0.128. The number of carbonyl (C=O) groups is 2. The first-order valence-corrected chi connectivity index (χ1v) is 9.15. The summed E-state index contributed by atoms with van der Waals surface area (Å²) in [5.74, 6) is -0.317. The maximum absolute atomic E-state index is 12.1. The number of hydrogen-bond acceptors (Lipinski definition) is 5. The van der Waals surface area contributed by atoms with Gasteiger partial charge in [0.15, 0.2) is 0 Å². The molecule has 1 aromatic carbocycles.